The molecule has 0 fully saturated rings. The summed E-state index contributed by atoms with van der Waals surface area (Å²) in [6, 6.07) is 16.2. The maximum Gasteiger partial charge on any atom is 0.164 e. The summed E-state index contributed by atoms with van der Waals surface area (Å²) in [6.07, 6.45) is 16.8. The summed E-state index contributed by atoms with van der Waals surface area (Å²) in [5, 5.41) is 1.06. The number of nitrogens with zero attached hydrogens (tertiary/aromatic N) is 4. The molecule has 176 valence electrons. The van der Waals surface area contributed by atoms with Gasteiger partial charge in [0, 0.05) is 39.6 Å². The van der Waals surface area contributed by atoms with Gasteiger partial charge in [-0.25, -0.2) is 19.9 Å². The Labute approximate surface area is 214 Å². The van der Waals surface area contributed by atoms with Crippen molar-refractivity contribution in [3.8, 4) is 22.8 Å². The standard InChI is InChI=1S/C32H22N4O/c1-3-11-21(12-4-1)30-34-31(22-13-5-2-6-14-22)36-32(35-30)25-17-10-19-27-28(25)24-16-9-15-23(29(24)37-27)26-18-7-8-20-33-26/h1-6,10-13,15,17-20,22H,9,14,16H2. The molecule has 7 rings (SSSR count). The van der Waals surface area contributed by atoms with Crippen LogP contribution >= 0.6 is 0 Å². The smallest absolute Gasteiger partial charge is 0.164 e. The quantitative estimate of drug-likeness (QED) is 0.292. The Kier molecular flexibility index (Phi) is 5.22. The summed E-state index contributed by atoms with van der Waals surface area (Å²) in [7, 11) is 0. The van der Waals surface area contributed by atoms with Crippen molar-refractivity contribution in [3.63, 3.8) is 0 Å². The van der Waals surface area contributed by atoms with Crippen LogP contribution in [0.3, 0.4) is 0 Å². The van der Waals surface area contributed by atoms with Crippen molar-refractivity contribution < 1.29 is 4.42 Å². The Morgan fingerprint density at radius 1 is 0.892 bits per heavy atom. The van der Waals surface area contributed by atoms with Gasteiger partial charge < -0.3 is 4.42 Å². The normalized spacial score (nSPS) is 17.7. The van der Waals surface area contributed by atoms with Crippen LogP contribution < -0.4 is 0 Å². The van der Waals surface area contributed by atoms with E-state index in [9.17, 15) is 0 Å². The summed E-state index contributed by atoms with van der Waals surface area (Å²) < 4.78 is 6.46. The molecule has 0 N–H and O–H groups in total. The van der Waals surface area contributed by atoms with E-state index in [2.05, 4.69) is 52.9 Å². The molecule has 2 aromatic carbocycles. The van der Waals surface area contributed by atoms with Gasteiger partial charge in [-0.1, -0.05) is 78.6 Å². The third-order valence-electron chi connectivity index (χ3n) is 6.88. The average molecular weight is 479 g/mol. The second-order valence-electron chi connectivity index (χ2n) is 9.18. The predicted molar refractivity (Wildman–Crippen MR) is 146 cm³/mol. The molecule has 2 aliphatic carbocycles. The number of hydrogen-bond acceptors (Lipinski definition) is 5. The first kappa shape index (κ1) is 21.5. The lowest BCUT2D eigenvalue weighted by atomic mass is 9.91. The van der Waals surface area contributed by atoms with E-state index in [-0.39, 0.29) is 5.92 Å². The first-order chi connectivity index (χ1) is 18.3. The van der Waals surface area contributed by atoms with Crippen LogP contribution in [0.5, 0.6) is 0 Å². The van der Waals surface area contributed by atoms with Gasteiger partial charge in [0.2, 0.25) is 0 Å². The molecular formula is C32H22N4O. The van der Waals surface area contributed by atoms with Gasteiger partial charge in [-0.2, -0.15) is 0 Å². The zero-order valence-electron chi connectivity index (χ0n) is 20.1. The predicted octanol–water partition coefficient (Wildman–Crippen LogP) is 7.16. The Balaban J connectivity index is 1.42. The second kappa shape index (κ2) is 9.00. The lowest BCUT2D eigenvalue weighted by molar-refractivity contribution is 0.593. The molecule has 0 saturated carbocycles. The van der Waals surface area contributed by atoms with Crippen molar-refractivity contribution in [2.45, 2.75) is 25.2 Å². The number of benzene rings is 2. The number of allylic oxidation sites excluding steroid dienone is 7. The molecule has 2 aromatic heterocycles. The number of rotatable bonds is 4. The van der Waals surface area contributed by atoms with Crippen LogP contribution in [0.1, 0.15) is 35.9 Å². The maximum atomic E-state index is 6.46. The average Bonchev–Trinajstić information content (AvgIpc) is 3.37. The Hall–Kier alpha value is -4.82. The molecule has 37 heavy (non-hydrogen) atoms. The first-order valence-electron chi connectivity index (χ1n) is 12.5. The fourth-order valence-corrected chi connectivity index (χ4v) is 5.13. The molecule has 0 amide bonds. The summed E-state index contributed by atoms with van der Waals surface area (Å²) in [5.74, 6) is 3.09. The molecule has 0 spiro atoms. The van der Waals surface area contributed by atoms with Gasteiger partial charge in [0.05, 0.1) is 11.9 Å². The zero-order chi connectivity index (χ0) is 24.6. The molecule has 0 bridgehead atoms. The third kappa shape index (κ3) is 3.84. The van der Waals surface area contributed by atoms with Crippen molar-refractivity contribution >= 4 is 22.3 Å². The van der Waals surface area contributed by atoms with Crippen LogP contribution in [0.4, 0.5) is 0 Å². The number of furan rings is 1. The molecular weight excluding hydrogens is 456 g/mol. The molecule has 1 aliphatic heterocycles. The number of aryl methyl sites for hydroxylation is 1. The highest BCUT2D eigenvalue weighted by atomic mass is 16.3. The number of fused-ring (bicyclic) bond motifs is 3. The van der Waals surface area contributed by atoms with Gasteiger partial charge in [0.25, 0.3) is 0 Å². The van der Waals surface area contributed by atoms with Crippen LogP contribution in [0, 0.1) is 0 Å². The van der Waals surface area contributed by atoms with E-state index < -0.39 is 0 Å². The molecule has 5 nitrogen and oxygen atoms in total. The van der Waals surface area contributed by atoms with Crippen LogP contribution in [0.2, 0.25) is 0 Å². The van der Waals surface area contributed by atoms with Gasteiger partial charge in [-0.05, 0) is 31.1 Å². The van der Waals surface area contributed by atoms with Crippen LogP contribution in [0.15, 0.2) is 112 Å². The van der Waals surface area contributed by atoms with Gasteiger partial charge in [-0.3, -0.25) is 0 Å². The lowest BCUT2D eigenvalue weighted by Crippen LogP contribution is -2.08. The van der Waals surface area contributed by atoms with Gasteiger partial charge in [0.15, 0.2) is 11.6 Å². The molecule has 0 saturated heterocycles. The van der Waals surface area contributed by atoms with Gasteiger partial charge in [-0.15, -0.1) is 0 Å². The SMILES string of the molecule is C1=C=CC(C2=CCCc3c2oc2cccc(-c4nc(-c5ccccc5)nc(C5C=CC=CC5)n4)c32)=NC=1. The molecule has 1 unspecified atom stereocenters. The third-order valence-corrected chi connectivity index (χ3v) is 6.88. The van der Waals surface area contributed by atoms with Crippen LogP contribution in [-0.4, -0.2) is 20.7 Å². The van der Waals surface area contributed by atoms with Crippen molar-refractivity contribution in [2.24, 2.45) is 4.99 Å². The van der Waals surface area contributed by atoms with Crippen LogP contribution in [0.25, 0.3) is 39.3 Å². The van der Waals surface area contributed by atoms with Crippen LogP contribution in [-0.2, 0) is 6.42 Å². The largest absolute Gasteiger partial charge is 0.456 e. The summed E-state index contributed by atoms with van der Waals surface area (Å²) in [5.41, 5.74) is 11.6. The highest BCUT2D eigenvalue weighted by Crippen LogP contribution is 2.40. The van der Waals surface area contributed by atoms with E-state index in [1.54, 1.807) is 6.20 Å². The number of aliphatic imine (C=N–C) groups is 1. The fraction of sp³-hybridized carbons (Fsp3) is 0.125. The summed E-state index contributed by atoms with van der Waals surface area (Å²) in [4.78, 5) is 19.4. The lowest BCUT2D eigenvalue weighted by Gasteiger charge is -2.15. The van der Waals surface area contributed by atoms with Crippen molar-refractivity contribution in [2.75, 3.05) is 0 Å². The summed E-state index contributed by atoms with van der Waals surface area (Å²) >= 11 is 0. The Morgan fingerprint density at radius 2 is 1.81 bits per heavy atom. The van der Waals surface area contributed by atoms with Gasteiger partial charge in [0.1, 0.15) is 17.2 Å². The van der Waals surface area contributed by atoms with Gasteiger partial charge >= 0.3 is 0 Å². The first-order valence-corrected chi connectivity index (χ1v) is 12.5. The molecule has 3 heterocycles. The van der Waals surface area contributed by atoms with E-state index >= 15 is 0 Å². The molecule has 5 heteroatoms. The fourth-order valence-electron chi connectivity index (χ4n) is 5.13. The van der Waals surface area contributed by atoms with Crippen molar-refractivity contribution in [1.29, 1.82) is 0 Å². The Morgan fingerprint density at radius 3 is 2.65 bits per heavy atom. The minimum Gasteiger partial charge on any atom is -0.456 e. The monoisotopic (exact) mass is 478 g/mol. The van der Waals surface area contributed by atoms with E-state index in [0.717, 1.165) is 64.2 Å². The maximum absolute atomic E-state index is 6.46. The van der Waals surface area contributed by atoms with E-state index in [1.807, 2.05) is 48.5 Å². The molecule has 3 aliphatic rings. The van der Waals surface area contributed by atoms with Crippen molar-refractivity contribution in [1.82, 2.24) is 15.0 Å². The zero-order valence-corrected chi connectivity index (χ0v) is 20.1. The van der Waals surface area contributed by atoms with E-state index in [4.69, 9.17) is 19.4 Å². The minimum atomic E-state index is 0.110. The minimum absolute atomic E-state index is 0.110. The molecule has 1 atom stereocenters. The number of hydrogen-bond donors (Lipinski definition) is 0. The van der Waals surface area contributed by atoms with E-state index in [1.165, 1.54) is 5.56 Å². The highest BCUT2D eigenvalue weighted by Gasteiger charge is 2.26. The topological polar surface area (TPSA) is 64.2 Å². The van der Waals surface area contributed by atoms with Crippen molar-refractivity contribution in [3.05, 3.63) is 120 Å². The molecule has 0 radical (unpaired) electrons. The number of aromatic nitrogens is 3. The van der Waals surface area contributed by atoms with E-state index in [0.29, 0.717) is 11.6 Å². The highest BCUT2D eigenvalue weighted by molar-refractivity contribution is 6.30. The second-order valence-corrected chi connectivity index (χ2v) is 9.18. The summed E-state index contributed by atoms with van der Waals surface area (Å²) in [6.45, 7) is 0. The molecule has 4 aromatic rings. The Bertz CT molecular complexity index is 1770.